The van der Waals surface area contributed by atoms with Crippen LogP contribution in [0.25, 0.3) is 0 Å². The van der Waals surface area contributed by atoms with E-state index in [1.165, 1.54) is 18.2 Å². The normalized spacial score (nSPS) is 9.60. The number of benzene rings is 1. The van der Waals surface area contributed by atoms with E-state index in [0.29, 0.717) is 22.5 Å². The summed E-state index contributed by atoms with van der Waals surface area (Å²) < 4.78 is 0.509. The van der Waals surface area contributed by atoms with Gasteiger partial charge in [0.1, 0.15) is 0 Å². The largest absolute Gasteiger partial charge is 0.478 e. The molecule has 1 aromatic carbocycles. The molecule has 0 radical (unpaired) electrons. The molecule has 0 aliphatic carbocycles. The van der Waals surface area contributed by atoms with Crippen LogP contribution >= 0.6 is 27.7 Å². The van der Waals surface area contributed by atoms with Crippen molar-refractivity contribution < 1.29 is 14.7 Å². The fourth-order valence-electron chi connectivity index (χ4n) is 1.28. The van der Waals surface area contributed by atoms with Gasteiger partial charge in [0.15, 0.2) is 0 Å². The first kappa shape index (κ1) is 16.4. The van der Waals surface area contributed by atoms with Gasteiger partial charge in [-0.25, -0.2) is 9.59 Å². The van der Waals surface area contributed by atoms with Gasteiger partial charge < -0.3 is 15.7 Å². The van der Waals surface area contributed by atoms with Gasteiger partial charge in [-0.1, -0.05) is 5.92 Å². The van der Waals surface area contributed by atoms with Crippen LogP contribution in [0.15, 0.2) is 22.7 Å². The van der Waals surface area contributed by atoms with Crippen molar-refractivity contribution in [3.05, 3.63) is 28.2 Å². The quantitative estimate of drug-likeness (QED) is 0.540. The Labute approximate surface area is 129 Å². The minimum Gasteiger partial charge on any atom is -0.478 e. The molecule has 106 valence electrons. The van der Waals surface area contributed by atoms with Crippen LogP contribution < -0.4 is 10.6 Å². The summed E-state index contributed by atoms with van der Waals surface area (Å²) in [6.45, 7) is 0.503. The Balaban J connectivity index is 2.46. The molecule has 1 rings (SSSR count). The van der Waals surface area contributed by atoms with E-state index in [4.69, 9.17) is 11.5 Å². The molecule has 0 saturated heterocycles. The zero-order valence-corrected chi connectivity index (χ0v) is 12.9. The van der Waals surface area contributed by atoms with E-state index in [1.807, 2.05) is 0 Å². The van der Waals surface area contributed by atoms with Crippen molar-refractivity contribution in [3.63, 3.8) is 0 Å². The molecule has 1 aromatic rings. The SMILES string of the molecule is C#CCSCCNC(=O)Nc1ccc(C(=O)O)cc1Br. The van der Waals surface area contributed by atoms with Gasteiger partial charge in [-0.05, 0) is 34.1 Å². The van der Waals surface area contributed by atoms with Gasteiger partial charge in [0.2, 0.25) is 0 Å². The Kier molecular flexibility index (Phi) is 6.98. The van der Waals surface area contributed by atoms with Crippen LogP contribution in [-0.2, 0) is 0 Å². The minimum atomic E-state index is -1.02. The first-order valence-electron chi connectivity index (χ1n) is 5.63. The van der Waals surface area contributed by atoms with Gasteiger partial charge in [0.25, 0.3) is 0 Å². The molecule has 5 nitrogen and oxygen atoms in total. The zero-order chi connectivity index (χ0) is 15.0. The number of urea groups is 1. The molecule has 0 unspecified atom stereocenters. The fraction of sp³-hybridized carbons (Fsp3) is 0.231. The molecule has 3 N–H and O–H groups in total. The number of carbonyl (C=O) groups is 2. The van der Waals surface area contributed by atoms with Gasteiger partial charge >= 0.3 is 12.0 Å². The average molecular weight is 357 g/mol. The van der Waals surface area contributed by atoms with Gasteiger partial charge in [-0.3, -0.25) is 0 Å². The number of hydrogen-bond acceptors (Lipinski definition) is 3. The van der Waals surface area contributed by atoms with E-state index in [1.54, 1.807) is 11.8 Å². The standard InChI is InChI=1S/C13H13BrN2O3S/c1-2-6-20-7-5-15-13(19)16-11-4-3-9(12(17)18)8-10(11)14/h1,3-4,8H,5-7H2,(H,17,18)(H2,15,16,19). The molecule has 0 fully saturated rings. The zero-order valence-electron chi connectivity index (χ0n) is 10.5. The van der Waals surface area contributed by atoms with E-state index < -0.39 is 5.97 Å². The maximum atomic E-state index is 11.6. The lowest BCUT2D eigenvalue weighted by molar-refractivity contribution is 0.0697. The number of rotatable bonds is 6. The van der Waals surface area contributed by atoms with Crippen molar-refractivity contribution in [2.24, 2.45) is 0 Å². The summed E-state index contributed by atoms with van der Waals surface area (Å²) in [6.07, 6.45) is 5.11. The van der Waals surface area contributed by atoms with Crippen molar-refractivity contribution in [1.29, 1.82) is 0 Å². The average Bonchev–Trinajstić information content (AvgIpc) is 2.40. The molecular formula is C13H13BrN2O3S. The Bertz CT molecular complexity index is 543. The lowest BCUT2D eigenvalue weighted by Crippen LogP contribution is -2.30. The minimum absolute atomic E-state index is 0.147. The highest BCUT2D eigenvalue weighted by atomic mass is 79.9. The number of anilines is 1. The van der Waals surface area contributed by atoms with E-state index in [-0.39, 0.29) is 11.6 Å². The van der Waals surface area contributed by atoms with Crippen molar-refractivity contribution in [2.75, 3.05) is 23.4 Å². The lowest BCUT2D eigenvalue weighted by Gasteiger charge is -2.09. The second-order valence-corrected chi connectivity index (χ2v) is 5.60. The van der Waals surface area contributed by atoms with Gasteiger partial charge in [0, 0.05) is 16.8 Å². The highest BCUT2D eigenvalue weighted by Gasteiger charge is 2.08. The van der Waals surface area contributed by atoms with Crippen molar-refractivity contribution >= 4 is 45.4 Å². The number of halogens is 1. The van der Waals surface area contributed by atoms with E-state index in [0.717, 1.165) is 5.75 Å². The lowest BCUT2D eigenvalue weighted by atomic mass is 10.2. The highest BCUT2D eigenvalue weighted by Crippen LogP contribution is 2.23. The van der Waals surface area contributed by atoms with Crippen LogP contribution in [0.2, 0.25) is 0 Å². The van der Waals surface area contributed by atoms with Crippen LogP contribution in [-0.4, -0.2) is 35.2 Å². The number of nitrogens with one attached hydrogen (secondary N) is 2. The third kappa shape index (κ3) is 5.55. The number of amides is 2. The summed E-state index contributed by atoms with van der Waals surface area (Å²) in [5, 5.41) is 14.1. The Morgan fingerprint density at radius 3 is 2.80 bits per heavy atom. The van der Waals surface area contributed by atoms with Crippen LogP contribution in [0.1, 0.15) is 10.4 Å². The van der Waals surface area contributed by atoms with Gasteiger partial charge in [-0.15, -0.1) is 18.2 Å². The summed E-state index contributed by atoms with van der Waals surface area (Å²) in [6, 6.07) is 4.03. The van der Waals surface area contributed by atoms with Crippen molar-refractivity contribution in [1.82, 2.24) is 5.32 Å². The Hall–Kier alpha value is -1.65. The number of terminal acetylenes is 1. The molecule has 0 aliphatic rings. The predicted molar refractivity (Wildman–Crippen MR) is 84.3 cm³/mol. The second kappa shape index (κ2) is 8.51. The van der Waals surface area contributed by atoms with Crippen molar-refractivity contribution in [3.8, 4) is 12.3 Å². The summed E-state index contributed by atoms with van der Waals surface area (Å²) in [4.78, 5) is 22.4. The molecule has 20 heavy (non-hydrogen) atoms. The number of hydrogen-bond donors (Lipinski definition) is 3. The molecule has 7 heteroatoms. The first-order chi connectivity index (χ1) is 9.54. The first-order valence-corrected chi connectivity index (χ1v) is 7.58. The summed E-state index contributed by atoms with van der Waals surface area (Å²) >= 11 is 4.77. The van der Waals surface area contributed by atoms with E-state index in [9.17, 15) is 9.59 Å². The third-order valence-corrected chi connectivity index (χ3v) is 3.70. The molecule has 0 saturated carbocycles. The molecule has 0 atom stereocenters. The monoisotopic (exact) mass is 356 g/mol. The van der Waals surface area contributed by atoms with Crippen molar-refractivity contribution in [2.45, 2.75) is 0 Å². The molecule has 0 bridgehead atoms. The number of aromatic carboxylic acids is 1. The Morgan fingerprint density at radius 1 is 1.45 bits per heavy atom. The number of carbonyl (C=O) groups excluding carboxylic acids is 1. The third-order valence-electron chi connectivity index (χ3n) is 2.18. The molecule has 0 heterocycles. The number of carboxylic acid groups (broad SMARTS) is 1. The molecular weight excluding hydrogens is 344 g/mol. The van der Waals surface area contributed by atoms with E-state index in [2.05, 4.69) is 32.5 Å². The summed E-state index contributed by atoms with van der Waals surface area (Å²) in [5.41, 5.74) is 0.650. The Morgan fingerprint density at radius 2 is 2.20 bits per heavy atom. The van der Waals surface area contributed by atoms with Crippen LogP contribution in [0.4, 0.5) is 10.5 Å². The van der Waals surface area contributed by atoms with Crippen LogP contribution in [0.5, 0.6) is 0 Å². The van der Waals surface area contributed by atoms with Crippen LogP contribution in [0, 0.1) is 12.3 Å². The van der Waals surface area contributed by atoms with Gasteiger partial charge in [0.05, 0.1) is 17.0 Å². The van der Waals surface area contributed by atoms with E-state index >= 15 is 0 Å². The molecule has 0 aromatic heterocycles. The highest BCUT2D eigenvalue weighted by molar-refractivity contribution is 9.10. The van der Waals surface area contributed by atoms with Gasteiger partial charge in [-0.2, -0.15) is 0 Å². The summed E-state index contributed by atoms with van der Waals surface area (Å²) in [5.74, 6) is 2.83. The second-order valence-electron chi connectivity index (χ2n) is 3.64. The number of carboxylic acids is 1. The fourth-order valence-corrected chi connectivity index (χ4v) is 2.27. The maximum Gasteiger partial charge on any atom is 0.335 e. The van der Waals surface area contributed by atoms with Crippen LogP contribution in [0.3, 0.4) is 0 Å². The molecule has 0 spiro atoms. The smallest absolute Gasteiger partial charge is 0.335 e. The topological polar surface area (TPSA) is 78.4 Å². The predicted octanol–water partition coefficient (Wildman–Crippen LogP) is 2.64. The summed E-state index contributed by atoms with van der Waals surface area (Å²) in [7, 11) is 0. The molecule has 0 aliphatic heterocycles. The molecule has 2 amide bonds. The maximum absolute atomic E-state index is 11.6. The number of thioether (sulfide) groups is 1.